The fraction of sp³-hybridized carbons (Fsp3) is 0.417. The summed E-state index contributed by atoms with van der Waals surface area (Å²) in [5, 5.41) is 30.0. The van der Waals surface area contributed by atoms with E-state index in [1.807, 2.05) is 24.3 Å². The van der Waals surface area contributed by atoms with Gasteiger partial charge in [-0.25, -0.2) is 4.79 Å². The van der Waals surface area contributed by atoms with Crippen molar-refractivity contribution in [3.05, 3.63) is 51.2 Å². The molecule has 0 radical (unpaired) electrons. The molecule has 0 saturated heterocycles. The lowest BCUT2D eigenvalue weighted by Gasteiger charge is -2.45. The predicted octanol–water partition coefficient (Wildman–Crippen LogP) is 4.12. The smallest absolute Gasteiger partial charge is 0.410 e. The van der Waals surface area contributed by atoms with E-state index in [1.54, 1.807) is 40.0 Å². The van der Waals surface area contributed by atoms with Crippen LogP contribution in [0.3, 0.4) is 0 Å². The van der Waals surface area contributed by atoms with Crippen LogP contribution in [0.4, 0.5) is 4.79 Å². The second kappa shape index (κ2) is 8.81. The van der Waals surface area contributed by atoms with E-state index in [2.05, 4.69) is 22.0 Å². The molecule has 2 aliphatic rings. The Morgan fingerprint density at radius 2 is 1.94 bits per heavy atom. The maximum Gasteiger partial charge on any atom is 0.410 e. The first-order valence-corrected chi connectivity index (χ1v) is 11.1. The Hall–Kier alpha value is -3.48. The first kappa shape index (κ1) is 24.2. The highest BCUT2D eigenvalue weighted by molar-refractivity contribution is 9.10. The van der Waals surface area contributed by atoms with E-state index in [0.29, 0.717) is 15.8 Å². The summed E-state index contributed by atoms with van der Waals surface area (Å²) in [4.78, 5) is 14.3. The van der Waals surface area contributed by atoms with Crippen LogP contribution in [0.1, 0.15) is 32.3 Å². The molecule has 0 aromatic heterocycles. The third-order valence-corrected chi connectivity index (χ3v) is 6.45. The second-order valence-corrected chi connectivity index (χ2v) is 9.79. The molecular formula is C24H24BrN5O3. The van der Waals surface area contributed by atoms with Gasteiger partial charge in [0, 0.05) is 24.9 Å². The molecule has 9 heteroatoms. The Morgan fingerprint density at radius 3 is 2.45 bits per heavy atom. The van der Waals surface area contributed by atoms with Gasteiger partial charge in [-0.2, -0.15) is 15.8 Å². The SMILES string of the molecule is COc1ccc([C@H]2C(C#N)=C(N)C(C#N)(C#N)C3=CCN(C(=O)OC(C)(C)C)C[C@H]32)cc1Br. The number of carbonyl (C=O) groups is 1. The van der Waals surface area contributed by atoms with Gasteiger partial charge in [0.25, 0.3) is 0 Å². The number of fused-ring (bicyclic) bond motifs is 1. The first-order valence-electron chi connectivity index (χ1n) is 10.3. The lowest BCUT2D eigenvalue weighted by molar-refractivity contribution is 0.0229. The van der Waals surface area contributed by atoms with Crippen LogP contribution >= 0.6 is 15.9 Å². The minimum Gasteiger partial charge on any atom is -0.496 e. The molecule has 1 amide bonds. The van der Waals surface area contributed by atoms with E-state index >= 15 is 0 Å². The van der Waals surface area contributed by atoms with Gasteiger partial charge in [0.2, 0.25) is 5.41 Å². The standard InChI is InChI=1S/C24H24BrN5O3/c1-23(2,3)33-22(31)30-8-7-17-16(11-30)20(14-5-6-19(32-4)18(25)9-14)15(10-26)21(29)24(17,12-27)13-28/h5-7,9,16,20H,8,11,29H2,1-4H3/t16-,20+/m1/s1. The maximum absolute atomic E-state index is 12.8. The zero-order valence-electron chi connectivity index (χ0n) is 18.8. The van der Waals surface area contributed by atoms with Crippen molar-refractivity contribution >= 4 is 22.0 Å². The van der Waals surface area contributed by atoms with Crippen molar-refractivity contribution in [1.82, 2.24) is 4.90 Å². The van der Waals surface area contributed by atoms with Crippen molar-refractivity contribution in [3.63, 3.8) is 0 Å². The number of nitriles is 3. The van der Waals surface area contributed by atoms with Crippen molar-refractivity contribution in [2.75, 3.05) is 20.2 Å². The van der Waals surface area contributed by atoms with Crippen LogP contribution in [0.15, 0.2) is 45.6 Å². The molecule has 2 atom stereocenters. The fourth-order valence-corrected chi connectivity index (χ4v) is 4.93. The molecule has 0 spiro atoms. The number of nitrogens with two attached hydrogens (primary N) is 1. The number of hydrogen-bond donors (Lipinski definition) is 1. The van der Waals surface area contributed by atoms with Gasteiger partial charge in [0.1, 0.15) is 11.4 Å². The summed E-state index contributed by atoms with van der Waals surface area (Å²) in [5.41, 5.74) is 5.19. The van der Waals surface area contributed by atoms with Crippen LogP contribution in [0, 0.1) is 45.3 Å². The van der Waals surface area contributed by atoms with Crippen LogP contribution in [0.5, 0.6) is 5.75 Å². The van der Waals surface area contributed by atoms with E-state index in [0.717, 1.165) is 5.56 Å². The number of amides is 1. The number of methoxy groups -OCH3 is 1. The normalized spacial score (nSPS) is 21.6. The minimum absolute atomic E-state index is 0.0693. The molecule has 8 nitrogen and oxygen atoms in total. The van der Waals surface area contributed by atoms with E-state index < -0.39 is 28.9 Å². The van der Waals surface area contributed by atoms with Crippen LogP contribution in [0.2, 0.25) is 0 Å². The number of rotatable bonds is 2. The average molecular weight is 510 g/mol. The fourth-order valence-electron chi connectivity index (χ4n) is 4.37. The molecule has 0 fully saturated rings. The van der Waals surface area contributed by atoms with Crippen molar-refractivity contribution in [2.24, 2.45) is 17.1 Å². The molecule has 0 bridgehead atoms. The topological polar surface area (TPSA) is 136 Å². The molecule has 1 heterocycles. The molecule has 1 aliphatic heterocycles. The van der Waals surface area contributed by atoms with Crippen LogP contribution in [-0.2, 0) is 4.74 Å². The zero-order chi connectivity index (χ0) is 24.6. The van der Waals surface area contributed by atoms with Gasteiger partial charge < -0.3 is 20.1 Å². The largest absolute Gasteiger partial charge is 0.496 e. The highest BCUT2D eigenvalue weighted by Crippen LogP contribution is 2.53. The van der Waals surface area contributed by atoms with Gasteiger partial charge in [-0.3, -0.25) is 0 Å². The van der Waals surface area contributed by atoms with E-state index in [1.165, 1.54) is 4.90 Å². The lowest BCUT2D eigenvalue weighted by atomic mass is 9.60. The van der Waals surface area contributed by atoms with Crippen molar-refractivity contribution in [3.8, 4) is 24.0 Å². The quantitative estimate of drug-likeness (QED) is 0.591. The summed E-state index contributed by atoms with van der Waals surface area (Å²) in [5.74, 6) is -0.473. The highest BCUT2D eigenvalue weighted by atomic mass is 79.9. The number of hydrogen-bond acceptors (Lipinski definition) is 7. The third-order valence-electron chi connectivity index (χ3n) is 5.83. The number of halogens is 1. The Kier molecular flexibility index (Phi) is 6.45. The Bertz CT molecular complexity index is 1160. The molecule has 0 unspecified atom stereocenters. The third kappa shape index (κ3) is 4.15. The number of carbonyl (C=O) groups excluding carboxylic acids is 1. The van der Waals surface area contributed by atoms with Gasteiger partial charge in [-0.05, 0) is 60.0 Å². The van der Waals surface area contributed by atoms with Crippen LogP contribution < -0.4 is 10.5 Å². The number of benzene rings is 1. The zero-order valence-corrected chi connectivity index (χ0v) is 20.4. The second-order valence-electron chi connectivity index (χ2n) is 8.94. The molecule has 3 rings (SSSR count). The van der Waals surface area contributed by atoms with Gasteiger partial charge in [-0.15, -0.1) is 0 Å². The predicted molar refractivity (Wildman–Crippen MR) is 123 cm³/mol. The highest BCUT2D eigenvalue weighted by Gasteiger charge is 2.53. The number of ether oxygens (including phenoxy) is 2. The molecule has 1 aliphatic carbocycles. The molecule has 0 saturated carbocycles. The summed E-state index contributed by atoms with van der Waals surface area (Å²) in [6, 6.07) is 11.6. The monoisotopic (exact) mass is 509 g/mol. The summed E-state index contributed by atoms with van der Waals surface area (Å²) in [7, 11) is 1.55. The van der Waals surface area contributed by atoms with Gasteiger partial charge in [-0.1, -0.05) is 12.1 Å². The minimum atomic E-state index is -1.77. The summed E-state index contributed by atoms with van der Waals surface area (Å²) >= 11 is 3.48. The van der Waals surface area contributed by atoms with Crippen LogP contribution in [-0.4, -0.2) is 36.8 Å². The Labute approximate surface area is 201 Å². The van der Waals surface area contributed by atoms with Gasteiger partial charge in [0.05, 0.1) is 41.1 Å². The number of nitrogens with zero attached hydrogens (tertiary/aromatic N) is 4. The van der Waals surface area contributed by atoms with Crippen molar-refractivity contribution in [2.45, 2.75) is 32.3 Å². The Morgan fingerprint density at radius 1 is 1.27 bits per heavy atom. The van der Waals surface area contributed by atoms with E-state index in [4.69, 9.17) is 15.2 Å². The van der Waals surface area contributed by atoms with Gasteiger partial charge >= 0.3 is 6.09 Å². The molecule has 170 valence electrons. The average Bonchev–Trinajstić information content (AvgIpc) is 2.77. The molecule has 33 heavy (non-hydrogen) atoms. The van der Waals surface area contributed by atoms with E-state index in [9.17, 15) is 20.6 Å². The molecule has 1 aromatic carbocycles. The van der Waals surface area contributed by atoms with Gasteiger partial charge in [0.15, 0.2) is 0 Å². The van der Waals surface area contributed by atoms with Crippen molar-refractivity contribution < 1.29 is 14.3 Å². The summed E-state index contributed by atoms with van der Waals surface area (Å²) < 4.78 is 11.5. The summed E-state index contributed by atoms with van der Waals surface area (Å²) in [6.07, 6.45) is 1.19. The van der Waals surface area contributed by atoms with Crippen molar-refractivity contribution in [1.29, 1.82) is 15.8 Å². The Balaban J connectivity index is 2.20. The van der Waals surface area contributed by atoms with Crippen LogP contribution in [0.25, 0.3) is 0 Å². The maximum atomic E-state index is 12.8. The number of allylic oxidation sites excluding steroid dienone is 2. The lowest BCUT2D eigenvalue weighted by Crippen LogP contribution is -2.49. The summed E-state index contributed by atoms with van der Waals surface area (Å²) in [6.45, 7) is 5.67. The molecule has 1 aromatic rings. The first-order chi connectivity index (χ1) is 15.5. The molecular weight excluding hydrogens is 486 g/mol. The molecule has 2 N–H and O–H groups in total. The van der Waals surface area contributed by atoms with E-state index in [-0.39, 0.29) is 24.4 Å².